The van der Waals surface area contributed by atoms with Crippen molar-refractivity contribution in [2.45, 2.75) is 22.3 Å². The molecule has 0 saturated carbocycles. The first-order valence-electron chi connectivity index (χ1n) is 9.38. The van der Waals surface area contributed by atoms with Crippen LogP contribution in [0.25, 0.3) is 17.2 Å². The quantitative estimate of drug-likeness (QED) is 0.368. The molecule has 0 N–H and O–H groups in total. The van der Waals surface area contributed by atoms with Gasteiger partial charge in [0, 0.05) is 0 Å². The summed E-state index contributed by atoms with van der Waals surface area (Å²) in [7, 11) is 0. The first kappa shape index (κ1) is 21.3. The molecule has 3 heteroatoms. The van der Waals surface area contributed by atoms with Crippen molar-refractivity contribution in [2.24, 2.45) is 0 Å². The molecule has 28 heavy (non-hydrogen) atoms. The van der Waals surface area contributed by atoms with Gasteiger partial charge in [0.1, 0.15) is 0 Å². The van der Waals surface area contributed by atoms with Crippen LogP contribution in [0.2, 0.25) is 0 Å². The van der Waals surface area contributed by atoms with Crippen molar-refractivity contribution >= 4 is 34.7 Å². The van der Waals surface area contributed by atoms with Gasteiger partial charge in [0.25, 0.3) is 0 Å². The van der Waals surface area contributed by atoms with Gasteiger partial charge in [-0.3, -0.25) is 0 Å². The summed E-state index contributed by atoms with van der Waals surface area (Å²) in [6.45, 7) is 4.77. The fourth-order valence-corrected chi connectivity index (χ4v) is 10.5. The number of hydrogen-bond acceptors (Lipinski definition) is 0. The molecule has 0 radical (unpaired) electrons. The van der Waals surface area contributed by atoms with Crippen LogP contribution in [-0.4, -0.2) is 3.81 Å². The summed E-state index contributed by atoms with van der Waals surface area (Å²) in [6.07, 6.45) is 4.85. The van der Waals surface area contributed by atoms with Crippen molar-refractivity contribution < 1.29 is 17.4 Å². The maximum atomic E-state index is 2.50. The van der Waals surface area contributed by atoms with Crippen molar-refractivity contribution in [1.29, 1.82) is 0 Å². The molecule has 0 fully saturated rings. The molecule has 0 aliphatic heterocycles. The second-order valence-electron chi connectivity index (χ2n) is 7.53. The molecule has 2 aliphatic rings. The van der Waals surface area contributed by atoms with E-state index >= 15 is 0 Å². The molecule has 3 aromatic rings. The Morgan fingerprint density at radius 1 is 0.679 bits per heavy atom. The van der Waals surface area contributed by atoms with E-state index in [9.17, 15) is 0 Å². The van der Waals surface area contributed by atoms with Gasteiger partial charge in [-0.1, -0.05) is 0 Å². The zero-order chi connectivity index (χ0) is 17.7. The number of rotatable bonds is 2. The molecular weight excluding hydrogens is 419 g/mol. The molecule has 142 valence electrons. The molecule has 0 aromatic heterocycles. The number of fused-ring (bicyclic) bond motifs is 4. The minimum atomic E-state index is -1.65. The molecule has 1 unspecified atom stereocenters. The molecular formula is C25H24Cl2Ti. The summed E-state index contributed by atoms with van der Waals surface area (Å²) < 4.78 is 2.88. The van der Waals surface area contributed by atoms with E-state index in [1.165, 1.54) is 16.7 Å². The minimum absolute atomic E-state index is 0. The molecule has 0 spiro atoms. The molecule has 1 atom stereocenters. The van der Waals surface area contributed by atoms with E-state index in [4.69, 9.17) is 0 Å². The molecule has 3 aromatic carbocycles. The third-order valence-electron chi connectivity index (χ3n) is 5.86. The van der Waals surface area contributed by atoms with Gasteiger partial charge in [-0.25, -0.2) is 0 Å². The van der Waals surface area contributed by atoms with Gasteiger partial charge in [0.15, 0.2) is 0 Å². The number of hydrogen-bond donors (Lipinski definition) is 0. The maximum absolute atomic E-state index is 2.50. The Morgan fingerprint density at radius 2 is 1.18 bits per heavy atom. The van der Waals surface area contributed by atoms with Gasteiger partial charge in [0.05, 0.1) is 0 Å². The summed E-state index contributed by atoms with van der Waals surface area (Å²) >= 11 is -1.65. The summed E-state index contributed by atoms with van der Waals surface area (Å²) in [6, 6.07) is 27.2. The Balaban J connectivity index is 0.00000112. The van der Waals surface area contributed by atoms with E-state index in [1.54, 1.807) is 20.5 Å². The first-order chi connectivity index (χ1) is 12.8. The van der Waals surface area contributed by atoms with Gasteiger partial charge >= 0.3 is 162 Å². The summed E-state index contributed by atoms with van der Waals surface area (Å²) in [5.41, 5.74) is 8.99. The molecule has 5 rings (SSSR count). The fraction of sp³-hybridized carbons (Fsp3) is 0.160. The number of allylic oxidation sites excluding steroid dienone is 1. The maximum Gasteiger partial charge on any atom is -0.147 e. The van der Waals surface area contributed by atoms with Crippen LogP contribution in [0.4, 0.5) is 0 Å². The second-order valence-corrected chi connectivity index (χ2v) is 12.4. The van der Waals surface area contributed by atoms with Gasteiger partial charge in [-0.05, 0) is 0 Å². The van der Waals surface area contributed by atoms with E-state index in [2.05, 4.69) is 98.8 Å². The van der Waals surface area contributed by atoms with Crippen molar-refractivity contribution in [3.8, 4) is 11.1 Å². The van der Waals surface area contributed by atoms with Crippen molar-refractivity contribution in [3.63, 3.8) is 0 Å². The Labute approximate surface area is 185 Å². The molecule has 0 bridgehead atoms. The predicted molar refractivity (Wildman–Crippen MR) is 123 cm³/mol. The Morgan fingerprint density at radius 3 is 1.75 bits per heavy atom. The average molecular weight is 443 g/mol. The van der Waals surface area contributed by atoms with Gasteiger partial charge in [-0.15, -0.1) is 24.8 Å². The molecule has 2 aliphatic carbocycles. The Kier molecular flexibility index (Phi) is 6.47. The van der Waals surface area contributed by atoms with Crippen LogP contribution in [0.5, 0.6) is 0 Å². The average Bonchev–Trinajstić information content (AvgIpc) is 3.23. The Hall–Kier alpha value is -1.44. The van der Waals surface area contributed by atoms with Crippen LogP contribution < -0.4 is 0 Å². The van der Waals surface area contributed by atoms with E-state index in [-0.39, 0.29) is 24.8 Å². The summed E-state index contributed by atoms with van der Waals surface area (Å²) in [5, 5.41) is 0. The third-order valence-corrected chi connectivity index (χ3v) is 11.4. The minimum Gasteiger partial charge on any atom is -0.147 e. The zero-order valence-electron chi connectivity index (χ0n) is 16.1. The number of halogens is 2. The molecule has 0 heterocycles. The monoisotopic (exact) mass is 442 g/mol. The fourth-order valence-electron chi connectivity index (χ4n) is 4.79. The van der Waals surface area contributed by atoms with Gasteiger partial charge in [0.2, 0.25) is 0 Å². The molecule has 0 saturated heterocycles. The van der Waals surface area contributed by atoms with Crippen LogP contribution in [0, 0.1) is 0 Å². The molecule has 0 amide bonds. The number of benzene rings is 3. The summed E-state index contributed by atoms with van der Waals surface area (Å²) in [5.74, 6) is 0. The van der Waals surface area contributed by atoms with Crippen LogP contribution in [0.15, 0.2) is 78.9 Å². The zero-order valence-corrected chi connectivity index (χ0v) is 19.2. The second kappa shape index (κ2) is 8.51. The summed E-state index contributed by atoms with van der Waals surface area (Å²) in [4.78, 5) is 0. The smallest absolute Gasteiger partial charge is 0.147 e. The third kappa shape index (κ3) is 3.27. The topological polar surface area (TPSA) is 0 Å². The predicted octanol–water partition coefficient (Wildman–Crippen LogP) is 7.20. The van der Waals surface area contributed by atoms with Crippen LogP contribution in [-0.2, 0) is 17.4 Å². The Bertz CT molecular complexity index is 1030. The van der Waals surface area contributed by atoms with Gasteiger partial charge < -0.3 is 0 Å². The normalized spacial score (nSPS) is 15.7. The van der Waals surface area contributed by atoms with Crippen LogP contribution >= 0.6 is 24.8 Å². The van der Waals surface area contributed by atoms with E-state index in [0.717, 1.165) is 0 Å². The van der Waals surface area contributed by atoms with Crippen LogP contribution in [0.1, 0.15) is 44.5 Å². The molecule has 0 nitrogen and oxygen atoms in total. The largest absolute Gasteiger partial charge is 0.147 e. The van der Waals surface area contributed by atoms with E-state index in [0.29, 0.717) is 8.45 Å². The van der Waals surface area contributed by atoms with Crippen molar-refractivity contribution in [2.75, 3.05) is 0 Å². The van der Waals surface area contributed by atoms with Gasteiger partial charge in [-0.2, -0.15) is 0 Å². The van der Waals surface area contributed by atoms with Crippen LogP contribution in [0.3, 0.4) is 0 Å². The van der Waals surface area contributed by atoms with Crippen molar-refractivity contribution in [1.82, 2.24) is 0 Å². The van der Waals surface area contributed by atoms with Crippen molar-refractivity contribution in [3.05, 3.63) is 101 Å². The first-order valence-corrected chi connectivity index (χ1v) is 12.0. The SMILES string of the molecule is C[C](C)=[Ti]([CH]1C=Cc2ccccc21)[CH]1c2ccccc2-c2ccccc21.Cl.Cl. The van der Waals surface area contributed by atoms with E-state index < -0.39 is 17.4 Å². The standard InChI is InChI=1S/C13H9.C9H7.C3H6.2ClH.Ti/c1-3-7-12-10(5-1)9-11-6-2-4-8-13(11)12;1-2-5-9-7-3-6-8(9)4-1;1-3-2;;;/h1-9H;1-7H;1-2H3;2*1H;. The van der Waals surface area contributed by atoms with E-state index in [1.807, 2.05) is 0 Å².